The second-order valence-electron chi connectivity index (χ2n) is 7.58. The Morgan fingerprint density at radius 3 is 2.53 bits per heavy atom. The number of sulfonamides is 1. The molecule has 1 aliphatic rings. The Morgan fingerprint density at radius 1 is 1.10 bits per heavy atom. The zero-order valence-electron chi connectivity index (χ0n) is 17.3. The Labute approximate surface area is 176 Å². The van der Waals surface area contributed by atoms with Crippen molar-refractivity contribution in [3.8, 4) is 11.4 Å². The summed E-state index contributed by atoms with van der Waals surface area (Å²) >= 11 is 0. The molecule has 1 unspecified atom stereocenters. The van der Waals surface area contributed by atoms with Gasteiger partial charge in [-0.1, -0.05) is 22.9 Å². The maximum Gasteiger partial charge on any atom is 0.244 e. The van der Waals surface area contributed by atoms with Crippen LogP contribution >= 0.6 is 0 Å². The number of hydrogen-bond acceptors (Lipinski definition) is 7. The summed E-state index contributed by atoms with van der Waals surface area (Å²) in [6.45, 7) is 7.82. The lowest BCUT2D eigenvalue weighted by Crippen LogP contribution is -2.49. The third-order valence-electron chi connectivity index (χ3n) is 5.49. The molecule has 9 heteroatoms. The quantitative estimate of drug-likeness (QED) is 0.618. The molecule has 0 amide bonds. The summed E-state index contributed by atoms with van der Waals surface area (Å²) in [4.78, 5) is 11.1. The lowest BCUT2D eigenvalue weighted by Gasteiger charge is -2.36. The van der Waals surface area contributed by atoms with Gasteiger partial charge in [-0.05, 0) is 44.5 Å². The fourth-order valence-corrected chi connectivity index (χ4v) is 5.36. The van der Waals surface area contributed by atoms with Crippen molar-refractivity contribution in [1.29, 1.82) is 0 Å². The zero-order valence-corrected chi connectivity index (χ0v) is 18.1. The van der Waals surface area contributed by atoms with Gasteiger partial charge in [0.25, 0.3) is 0 Å². The van der Waals surface area contributed by atoms with Crippen molar-refractivity contribution in [3.63, 3.8) is 0 Å². The van der Waals surface area contributed by atoms with Gasteiger partial charge in [-0.15, -0.1) is 0 Å². The predicted octanol–water partition coefficient (Wildman–Crippen LogP) is 2.82. The molecule has 0 spiro atoms. The Kier molecular flexibility index (Phi) is 5.68. The molecule has 1 fully saturated rings. The third-order valence-corrected chi connectivity index (χ3v) is 7.55. The van der Waals surface area contributed by atoms with E-state index in [1.807, 2.05) is 45.0 Å². The Bertz CT molecular complexity index is 1120. The first-order valence-electron chi connectivity index (χ1n) is 9.92. The van der Waals surface area contributed by atoms with Crippen LogP contribution in [0.4, 0.5) is 0 Å². The highest BCUT2D eigenvalue weighted by Crippen LogP contribution is 2.26. The molecule has 2 aromatic heterocycles. The van der Waals surface area contributed by atoms with E-state index in [0.29, 0.717) is 42.8 Å². The summed E-state index contributed by atoms with van der Waals surface area (Å²) in [5.41, 5.74) is 2.62. The number of nitrogens with zero attached hydrogens (tertiary/aromatic N) is 5. The molecular formula is C21H25N5O3S. The summed E-state index contributed by atoms with van der Waals surface area (Å²) in [6.07, 6.45) is 3.38. The van der Waals surface area contributed by atoms with E-state index >= 15 is 0 Å². The Balaban J connectivity index is 1.44. The van der Waals surface area contributed by atoms with Crippen molar-refractivity contribution in [2.24, 2.45) is 0 Å². The minimum atomic E-state index is -3.51. The fourth-order valence-electron chi connectivity index (χ4n) is 3.73. The van der Waals surface area contributed by atoms with Crippen LogP contribution in [0.15, 0.2) is 52.1 Å². The van der Waals surface area contributed by atoms with E-state index < -0.39 is 10.0 Å². The summed E-state index contributed by atoms with van der Waals surface area (Å²) in [6, 6.07) is 9.04. The largest absolute Gasteiger partial charge is 0.337 e. The summed E-state index contributed by atoms with van der Waals surface area (Å²) in [7, 11) is -3.51. The molecule has 0 radical (unpaired) electrons. The Morgan fingerprint density at radius 2 is 1.87 bits per heavy atom. The number of aromatic nitrogens is 3. The van der Waals surface area contributed by atoms with Gasteiger partial charge in [-0.25, -0.2) is 8.42 Å². The molecule has 1 aromatic carbocycles. The van der Waals surface area contributed by atoms with Crippen molar-refractivity contribution in [3.05, 3.63) is 59.7 Å². The van der Waals surface area contributed by atoms with Crippen LogP contribution in [-0.4, -0.2) is 58.9 Å². The van der Waals surface area contributed by atoms with Gasteiger partial charge in [0.05, 0.1) is 10.9 Å². The van der Waals surface area contributed by atoms with Crippen LogP contribution in [0, 0.1) is 13.8 Å². The molecule has 1 aliphatic heterocycles. The molecule has 0 aliphatic carbocycles. The van der Waals surface area contributed by atoms with Crippen molar-refractivity contribution in [1.82, 2.24) is 24.3 Å². The van der Waals surface area contributed by atoms with Crippen LogP contribution in [0.2, 0.25) is 0 Å². The molecule has 158 valence electrons. The second kappa shape index (κ2) is 8.25. The van der Waals surface area contributed by atoms with Gasteiger partial charge in [0.15, 0.2) is 0 Å². The topological polar surface area (TPSA) is 92.4 Å². The lowest BCUT2D eigenvalue weighted by molar-refractivity contribution is 0.124. The van der Waals surface area contributed by atoms with E-state index in [1.54, 1.807) is 22.8 Å². The van der Waals surface area contributed by atoms with Crippen LogP contribution < -0.4 is 0 Å². The van der Waals surface area contributed by atoms with E-state index in [1.165, 1.54) is 0 Å². The molecule has 8 nitrogen and oxygen atoms in total. The van der Waals surface area contributed by atoms with Gasteiger partial charge in [0, 0.05) is 44.1 Å². The van der Waals surface area contributed by atoms with Gasteiger partial charge in [0.2, 0.25) is 21.7 Å². The van der Waals surface area contributed by atoms with E-state index in [0.717, 1.165) is 16.7 Å². The standard InChI is InChI=1S/C21H25N5O3S/c1-15-6-7-19(16(2)13-15)30(27,28)26-11-9-25(10-12-26)17(3)21-23-20(24-29-21)18-5-4-8-22-14-18/h4-8,13-14,17H,9-12H2,1-3H3. The van der Waals surface area contributed by atoms with Crippen LogP contribution in [-0.2, 0) is 10.0 Å². The van der Waals surface area contributed by atoms with Gasteiger partial charge in [-0.3, -0.25) is 9.88 Å². The number of pyridine rings is 1. The smallest absolute Gasteiger partial charge is 0.244 e. The lowest BCUT2D eigenvalue weighted by atomic mass is 10.2. The minimum absolute atomic E-state index is 0.103. The zero-order chi connectivity index (χ0) is 21.3. The van der Waals surface area contributed by atoms with Crippen molar-refractivity contribution >= 4 is 10.0 Å². The molecule has 0 bridgehead atoms. The number of hydrogen-bond donors (Lipinski definition) is 0. The average molecular weight is 428 g/mol. The van der Waals surface area contributed by atoms with Gasteiger partial charge in [-0.2, -0.15) is 9.29 Å². The van der Waals surface area contributed by atoms with Gasteiger partial charge in [0.1, 0.15) is 0 Å². The monoisotopic (exact) mass is 427 g/mol. The number of piperazine rings is 1. The second-order valence-corrected chi connectivity index (χ2v) is 9.49. The van der Waals surface area contributed by atoms with E-state index in [4.69, 9.17) is 4.52 Å². The maximum absolute atomic E-state index is 13.1. The molecule has 0 saturated carbocycles. The molecule has 4 rings (SSSR count). The summed E-state index contributed by atoms with van der Waals surface area (Å²) < 4.78 is 33.2. The molecule has 0 N–H and O–H groups in total. The third kappa shape index (κ3) is 4.00. The van der Waals surface area contributed by atoms with Gasteiger partial charge >= 0.3 is 0 Å². The normalized spacial score (nSPS) is 17.2. The first kappa shape index (κ1) is 20.6. The fraction of sp³-hybridized carbons (Fsp3) is 0.381. The SMILES string of the molecule is Cc1ccc(S(=O)(=O)N2CCN(C(C)c3nc(-c4cccnc4)no3)CC2)c(C)c1. The molecule has 1 saturated heterocycles. The molecular weight excluding hydrogens is 402 g/mol. The summed E-state index contributed by atoms with van der Waals surface area (Å²) in [5, 5.41) is 4.05. The van der Waals surface area contributed by atoms with Crippen molar-refractivity contribution < 1.29 is 12.9 Å². The van der Waals surface area contributed by atoms with Crippen LogP contribution in [0.25, 0.3) is 11.4 Å². The van der Waals surface area contributed by atoms with Crippen LogP contribution in [0.3, 0.4) is 0 Å². The molecule has 3 heterocycles. The number of rotatable bonds is 5. The Hall–Kier alpha value is -2.62. The maximum atomic E-state index is 13.1. The van der Waals surface area contributed by atoms with E-state index in [9.17, 15) is 8.42 Å². The van der Waals surface area contributed by atoms with Crippen molar-refractivity contribution in [2.45, 2.75) is 31.7 Å². The molecule has 1 atom stereocenters. The average Bonchev–Trinajstić information content (AvgIpc) is 3.24. The van der Waals surface area contributed by atoms with E-state index in [-0.39, 0.29) is 6.04 Å². The first-order valence-corrected chi connectivity index (χ1v) is 11.4. The number of benzene rings is 1. The molecule has 3 aromatic rings. The summed E-state index contributed by atoms with van der Waals surface area (Å²) in [5.74, 6) is 1.01. The van der Waals surface area contributed by atoms with Crippen LogP contribution in [0.5, 0.6) is 0 Å². The van der Waals surface area contributed by atoms with E-state index in [2.05, 4.69) is 20.0 Å². The highest BCUT2D eigenvalue weighted by Gasteiger charge is 2.32. The molecule has 30 heavy (non-hydrogen) atoms. The van der Waals surface area contributed by atoms with Gasteiger partial charge < -0.3 is 4.52 Å². The number of aryl methyl sites for hydroxylation is 2. The first-order chi connectivity index (χ1) is 14.4. The predicted molar refractivity (Wildman–Crippen MR) is 112 cm³/mol. The minimum Gasteiger partial charge on any atom is -0.337 e. The highest BCUT2D eigenvalue weighted by atomic mass is 32.2. The van der Waals surface area contributed by atoms with Crippen LogP contribution in [0.1, 0.15) is 30.0 Å². The van der Waals surface area contributed by atoms with Crippen molar-refractivity contribution in [2.75, 3.05) is 26.2 Å². The highest BCUT2D eigenvalue weighted by molar-refractivity contribution is 7.89.